The van der Waals surface area contributed by atoms with Crippen molar-refractivity contribution in [1.82, 2.24) is 14.3 Å². The van der Waals surface area contributed by atoms with Gasteiger partial charge in [0.1, 0.15) is 6.61 Å². The van der Waals surface area contributed by atoms with Crippen LogP contribution in [0.15, 0.2) is 30.9 Å². The molecule has 3 heterocycles. The van der Waals surface area contributed by atoms with E-state index >= 15 is 0 Å². The maximum atomic E-state index is 12.0. The summed E-state index contributed by atoms with van der Waals surface area (Å²) in [6, 6.07) is 3.44. The number of amides is 1. The number of pyridine rings is 1. The van der Waals surface area contributed by atoms with Gasteiger partial charge in [-0.05, 0) is 25.0 Å². The van der Waals surface area contributed by atoms with Crippen LogP contribution in [0.1, 0.15) is 36.0 Å². The summed E-state index contributed by atoms with van der Waals surface area (Å²) in [4.78, 5) is 29.7. The quantitative estimate of drug-likeness (QED) is 0.809. The number of imidazole rings is 1. The molecule has 0 radical (unpaired) electrons. The van der Waals surface area contributed by atoms with Gasteiger partial charge >= 0.3 is 5.97 Å². The summed E-state index contributed by atoms with van der Waals surface area (Å²) in [5.41, 5.74) is 1.34. The van der Waals surface area contributed by atoms with E-state index in [2.05, 4.69) is 4.98 Å². The number of carbonyl (C=O) groups excluding carboxylic acids is 2. The molecule has 0 atom stereocenters. The molecule has 0 saturated carbocycles. The topological polar surface area (TPSA) is 63.9 Å². The number of ether oxygens (including phenoxy) is 1. The van der Waals surface area contributed by atoms with Gasteiger partial charge < -0.3 is 14.0 Å². The molecule has 0 bridgehead atoms. The molecule has 6 heteroatoms. The van der Waals surface area contributed by atoms with E-state index in [0.29, 0.717) is 18.5 Å². The zero-order chi connectivity index (χ0) is 15.4. The second-order valence-corrected chi connectivity index (χ2v) is 5.47. The maximum absolute atomic E-state index is 12.0. The van der Waals surface area contributed by atoms with E-state index in [4.69, 9.17) is 4.74 Å². The fourth-order valence-corrected chi connectivity index (χ4v) is 2.65. The Morgan fingerprint density at radius 1 is 1.32 bits per heavy atom. The molecule has 1 aliphatic rings. The Kier molecular flexibility index (Phi) is 4.37. The molecular formula is C16H19N3O3. The summed E-state index contributed by atoms with van der Waals surface area (Å²) in [6.45, 7) is 1.46. The second kappa shape index (κ2) is 6.60. The van der Waals surface area contributed by atoms with Gasteiger partial charge in [0.15, 0.2) is 0 Å². The summed E-state index contributed by atoms with van der Waals surface area (Å²) in [7, 11) is 0. The van der Waals surface area contributed by atoms with Gasteiger partial charge in [-0.3, -0.25) is 4.79 Å². The first kappa shape index (κ1) is 14.6. The van der Waals surface area contributed by atoms with Gasteiger partial charge in [0.25, 0.3) is 0 Å². The van der Waals surface area contributed by atoms with Gasteiger partial charge in [-0.1, -0.05) is 6.42 Å². The highest BCUT2D eigenvalue weighted by atomic mass is 16.5. The minimum Gasteiger partial charge on any atom is -0.460 e. The van der Waals surface area contributed by atoms with Crippen LogP contribution in [0.5, 0.6) is 0 Å². The highest BCUT2D eigenvalue weighted by molar-refractivity contribution is 5.90. The Balaban J connectivity index is 1.54. The molecule has 1 fully saturated rings. The minimum absolute atomic E-state index is 0.161. The van der Waals surface area contributed by atoms with Crippen molar-refractivity contribution >= 4 is 17.4 Å². The van der Waals surface area contributed by atoms with Gasteiger partial charge in [-0.15, -0.1) is 0 Å². The van der Waals surface area contributed by atoms with Crippen molar-refractivity contribution in [2.24, 2.45) is 0 Å². The molecule has 0 N–H and O–H groups in total. The smallest absolute Gasteiger partial charge is 0.338 e. The zero-order valence-electron chi connectivity index (χ0n) is 12.4. The molecule has 2 aromatic rings. The Bertz CT molecular complexity index is 680. The fourth-order valence-electron chi connectivity index (χ4n) is 2.65. The van der Waals surface area contributed by atoms with Crippen LogP contribution >= 0.6 is 0 Å². The molecular weight excluding hydrogens is 282 g/mol. The minimum atomic E-state index is -0.369. The lowest BCUT2D eigenvalue weighted by Crippen LogP contribution is -2.33. The number of esters is 1. The number of rotatable bonds is 4. The van der Waals surface area contributed by atoms with Crippen LogP contribution in [-0.4, -0.2) is 45.9 Å². The second-order valence-electron chi connectivity index (χ2n) is 5.47. The molecule has 116 valence electrons. The lowest BCUT2D eigenvalue weighted by molar-refractivity contribution is -0.131. The van der Waals surface area contributed by atoms with Crippen molar-refractivity contribution in [3.8, 4) is 0 Å². The Morgan fingerprint density at radius 2 is 2.23 bits per heavy atom. The van der Waals surface area contributed by atoms with E-state index in [1.165, 1.54) is 0 Å². The third kappa shape index (κ3) is 3.27. The highest BCUT2D eigenvalue weighted by Gasteiger charge is 2.17. The number of likely N-dealkylation sites (tertiary alicyclic amines) is 1. The monoisotopic (exact) mass is 301 g/mol. The normalized spacial score (nSPS) is 15.8. The van der Waals surface area contributed by atoms with Crippen LogP contribution in [0.3, 0.4) is 0 Å². The number of hydrogen-bond donors (Lipinski definition) is 0. The number of nitrogens with zero attached hydrogens (tertiary/aromatic N) is 3. The molecule has 1 amide bonds. The Labute approximate surface area is 128 Å². The molecule has 6 nitrogen and oxygen atoms in total. The molecule has 0 spiro atoms. The van der Waals surface area contributed by atoms with Crippen molar-refractivity contribution in [2.45, 2.75) is 25.7 Å². The summed E-state index contributed by atoms with van der Waals surface area (Å²) >= 11 is 0. The average molecular weight is 301 g/mol. The molecule has 1 saturated heterocycles. The van der Waals surface area contributed by atoms with E-state index in [1.54, 1.807) is 35.8 Å². The van der Waals surface area contributed by atoms with Crippen LogP contribution in [0.4, 0.5) is 0 Å². The van der Waals surface area contributed by atoms with Gasteiger partial charge in [0, 0.05) is 19.2 Å². The lowest BCUT2D eigenvalue weighted by Gasteiger charge is -2.20. The molecule has 1 aliphatic heterocycles. The van der Waals surface area contributed by atoms with Gasteiger partial charge in [0.2, 0.25) is 5.91 Å². The first-order chi connectivity index (χ1) is 10.7. The molecule has 0 unspecified atom stereocenters. The lowest BCUT2D eigenvalue weighted by atomic mass is 10.2. The maximum Gasteiger partial charge on any atom is 0.338 e. The number of aromatic nitrogens is 2. The average Bonchev–Trinajstić information content (AvgIpc) is 2.90. The summed E-state index contributed by atoms with van der Waals surface area (Å²) in [6.07, 6.45) is 8.82. The van der Waals surface area contributed by atoms with Crippen molar-refractivity contribution < 1.29 is 14.3 Å². The largest absolute Gasteiger partial charge is 0.460 e. The first-order valence-corrected chi connectivity index (χ1v) is 7.61. The van der Waals surface area contributed by atoms with Crippen LogP contribution in [0.25, 0.3) is 5.52 Å². The van der Waals surface area contributed by atoms with Crippen molar-refractivity contribution in [3.05, 3.63) is 36.4 Å². The molecule has 2 aromatic heterocycles. The summed E-state index contributed by atoms with van der Waals surface area (Å²) < 4.78 is 7.11. The number of hydrogen-bond acceptors (Lipinski definition) is 4. The Hall–Kier alpha value is -2.37. The van der Waals surface area contributed by atoms with E-state index in [1.807, 2.05) is 4.40 Å². The number of carbonyl (C=O) groups is 2. The van der Waals surface area contributed by atoms with Gasteiger partial charge in [-0.25, -0.2) is 9.78 Å². The molecule has 0 aromatic carbocycles. The predicted molar refractivity (Wildman–Crippen MR) is 80.5 cm³/mol. The zero-order valence-corrected chi connectivity index (χ0v) is 12.4. The van der Waals surface area contributed by atoms with Crippen molar-refractivity contribution in [3.63, 3.8) is 0 Å². The molecule has 3 rings (SSSR count). The number of fused-ring (bicyclic) bond motifs is 1. The van der Waals surface area contributed by atoms with Gasteiger partial charge in [-0.2, -0.15) is 0 Å². The Morgan fingerprint density at radius 3 is 3.14 bits per heavy atom. The third-order valence-corrected chi connectivity index (χ3v) is 3.92. The van der Waals surface area contributed by atoms with E-state index in [9.17, 15) is 9.59 Å². The predicted octanol–water partition coefficient (Wildman–Crippen LogP) is 1.89. The SMILES string of the molecule is O=C(OCCN1CCCCCC1=O)c1ccn2cncc2c1. The standard InChI is InChI=1S/C16H19N3O3/c20-15-4-2-1-3-6-18(15)8-9-22-16(21)13-5-7-19-12-17-11-14(19)10-13/h5,7,10-12H,1-4,6,8-9H2. The molecule has 0 aliphatic carbocycles. The van der Waals surface area contributed by atoms with Crippen molar-refractivity contribution in [1.29, 1.82) is 0 Å². The van der Waals surface area contributed by atoms with E-state index in [0.717, 1.165) is 31.3 Å². The van der Waals surface area contributed by atoms with Crippen molar-refractivity contribution in [2.75, 3.05) is 19.7 Å². The van der Waals surface area contributed by atoms with Gasteiger partial charge in [0.05, 0.1) is 30.1 Å². The van der Waals surface area contributed by atoms with Crippen LogP contribution in [-0.2, 0) is 9.53 Å². The summed E-state index contributed by atoms with van der Waals surface area (Å²) in [5.74, 6) is -0.208. The third-order valence-electron chi connectivity index (χ3n) is 3.92. The van der Waals surface area contributed by atoms with Crippen LogP contribution in [0, 0.1) is 0 Å². The van der Waals surface area contributed by atoms with Crippen LogP contribution < -0.4 is 0 Å². The van der Waals surface area contributed by atoms with Crippen LogP contribution in [0.2, 0.25) is 0 Å². The highest BCUT2D eigenvalue weighted by Crippen LogP contribution is 2.11. The fraction of sp³-hybridized carbons (Fsp3) is 0.438. The van der Waals surface area contributed by atoms with E-state index in [-0.39, 0.29) is 18.5 Å². The summed E-state index contributed by atoms with van der Waals surface area (Å²) in [5, 5.41) is 0. The molecule has 22 heavy (non-hydrogen) atoms. The first-order valence-electron chi connectivity index (χ1n) is 7.61. The van der Waals surface area contributed by atoms with E-state index < -0.39 is 0 Å².